The predicted molar refractivity (Wildman–Crippen MR) is 84.0 cm³/mol. The van der Waals surface area contributed by atoms with Crippen LogP contribution in [-0.2, 0) is 23.3 Å². The monoisotopic (exact) mass is 334 g/mol. The molecule has 0 aliphatic heterocycles. The Morgan fingerprint density at radius 1 is 1.18 bits per heavy atom. The lowest BCUT2D eigenvalue weighted by Gasteiger charge is -2.35. The molecule has 0 N–H and O–H groups in total. The van der Waals surface area contributed by atoms with Crippen LogP contribution in [0.4, 0.5) is 0 Å². The van der Waals surface area contributed by atoms with Crippen molar-refractivity contribution in [3.63, 3.8) is 0 Å². The minimum atomic E-state index is -1.39. The maximum Gasteiger partial charge on any atom is 0.337 e. The van der Waals surface area contributed by atoms with E-state index in [-0.39, 0.29) is 31.7 Å². The molecule has 0 fully saturated rings. The van der Waals surface area contributed by atoms with Crippen molar-refractivity contribution in [1.29, 1.82) is 5.26 Å². The topological polar surface area (TPSA) is 81.0 Å². The summed E-state index contributed by atoms with van der Waals surface area (Å²) in [5.74, 6) is -0.491. The van der Waals surface area contributed by atoms with Crippen molar-refractivity contribution in [1.82, 2.24) is 4.67 Å². The maximum absolute atomic E-state index is 11.5. The van der Waals surface area contributed by atoms with Crippen LogP contribution in [0.15, 0.2) is 0 Å². The summed E-state index contributed by atoms with van der Waals surface area (Å²) < 4.78 is 23.3. The summed E-state index contributed by atoms with van der Waals surface area (Å²) in [5.41, 5.74) is 0. The van der Waals surface area contributed by atoms with Crippen molar-refractivity contribution in [2.45, 2.75) is 52.3 Å². The number of nitriles is 1. The molecule has 7 nitrogen and oxygen atoms in total. The maximum atomic E-state index is 11.5. The number of ether oxygens (including phenoxy) is 2. The van der Waals surface area contributed by atoms with Crippen molar-refractivity contribution in [3.8, 4) is 6.07 Å². The van der Waals surface area contributed by atoms with Crippen LogP contribution in [0.25, 0.3) is 0 Å². The van der Waals surface area contributed by atoms with Crippen LogP contribution < -0.4 is 0 Å². The van der Waals surface area contributed by atoms with Gasteiger partial charge in [0.15, 0.2) is 6.10 Å². The molecule has 0 aromatic heterocycles. The second-order valence-electron chi connectivity index (χ2n) is 5.09. The van der Waals surface area contributed by atoms with Gasteiger partial charge in [-0.1, -0.05) is 0 Å². The Bertz CT molecular complexity index is 352. The number of carbonyl (C=O) groups is 1. The first-order valence-electron chi connectivity index (χ1n) is 7.20. The minimum absolute atomic E-state index is 0.0391. The fraction of sp³-hybridized carbons (Fsp3) is 0.857. The van der Waals surface area contributed by atoms with Crippen LogP contribution in [0.1, 0.15) is 34.1 Å². The van der Waals surface area contributed by atoms with E-state index in [0.717, 1.165) is 0 Å². The third kappa shape index (κ3) is 7.48. The SMILES string of the molecule is COC(=O)C(COP(OCCC#N)N(C(C)C)C(C)C)OC. The van der Waals surface area contributed by atoms with Crippen LogP contribution in [0.2, 0.25) is 0 Å². The normalized spacial score (nSPS) is 14.2. The van der Waals surface area contributed by atoms with Crippen LogP contribution >= 0.6 is 8.53 Å². The third-order valence-electron chi connectivity index (χ3n) is 2.75. The van der Waals surface area contributed by atoms with Gasteiger partial charge >= 0.3 is 5.97 Å². The first kappa shape index (κ1) is 21.2. The van der Waals surface area contributed by atoms with Crippen LogP contribution in [0.5, 0.6) is 0 Å². The minimum Gasteiger partial charge on any atom is -0.467 e. The molecule has 0 spiro atoms. The summed E-state index contributed by atoms with van der Waals surface area (Å²) >= 11 is 0. The summed E-state index contributed by atoms with van der Waals surface area (Å²) in [6.07, 6.45) is -0.507. The van der Waals surface area contributed by atoms with Crippen molar-refractivity contribution in [3.05, 3.63) is 0 Å². The fourth-order valence-electron chi connectivity index (χ4n) is 1.81. The van der Waals surface area contributed by atoms with E-state index in [1.54, 1.807) is 0 Å². The second kappa shape index (κ2) is 11.8. The van der Waals surface area contributed by atoms with Gasteiger partial charge in [-0.25, -0.2) is 9.46 Å². The number of hydrogen-bond acceptors (Lipinski definition) is 7. The highest BCUT2D eigenvalue weighted by Crippen LogP contribution is 2.46. The second-order valence-corrected chi connectivity index (χ2v) is 6.54. The highest BCUT2D eigenvalue weighted by Gasteiger charge is 2.29. The molecule has 22 heavy (non-hydrogen) atoms. The Hall–Kier alpha value is -0.770. The zero-order valence-corrected chi connectivity index (χ0v) is 15.1. The molecule has 128 valence electrons. The average molecular weight is 334 g/mol. The lowest BCUT2D eigenvalue weighted by molar-refractivity contribution is -0.154. The van der Waals surface area contributed by atoms with Gasteiger partial charge in [-0.3, -0.25) is 0 Å². The zero-order valence-electron chi connectivity index (χ0n) is 14.2. The number of esters is 1. The van der Waals surface area contributed by atoms with E-state index in [2.05, 4.69) is 9.41 Å². The molecule has 0 radical (unpaired) electrons. The number of nitrogens with zero attached hydrogens (tertiary/aromatic N) is 2. The number of methoxy groups -OCH3 is 2. The Kier molecular flexibility index (Phi) is 11.3. The third-order valence-corrected chi connectivity index (χ3v) is 4.82. The summed E-state index contributed by atoms with van der Waals surface area (Å²) in [5, 5.41) is 8.64. The largest absolute Gasteiger partial charge is 0.467 e. The van der Waals surface area contributed by atoms with Gasteiger partial charge in [0.1, 0.15) is 0 Å². The van der Waals surface area contributed by atoms with Gasteiger partial charge in [0.2, 0.25) is 0 Å². The van der Waals surface area contributed by atoms with E-state index < -0.39 is 20.6 Å². The molecular weight excluding hydrogens is 307 g/mol. The molecule has 0 heterocycles. The molecule has 0 aromatic rings. The number of hydrogen-bond donors (Lipinski definition) is 0. The highest BCUT2D eigenvalue weighted by atomic mass is 31.2. The Morgan fingerprint density at radius 2 is 1.77 bits per heavy atom. The molecule has 0 amide bonds. The number of rotatable bonds is 11. The number of carbonyl (C=O) groups excluding carboxylic acids is 1. The quantitative estimate of drug-likeness (QED) is 0.326. The van der Waals surface area contributed by atoms with Gasteiger partial charge in [0, 0.05) is 19.2 Å². The Morgan fingerprint density at radius 3 is 2.18 bits per heavy atom. The van der Waals surface area contributed by atoms with E-state index in [4.69, 9.17) is 19.0 Å². The smallest absolute Gasteiger partial charge is 0.337 e. The standard InChI is InChI=1S/C14H27N2O5P/c1-11(2)16(12(3)4)22(20-9-7-8-15)21-10-13(18-5)14(17)19-6/h11-13H,7,9-10H2,1-6H3. The van der Waals surface area contributed by atoms with Crippen molar-refractivity contribution < 1.29 is 23.3 Å². The van der Waals surface area contributed by atoms with Gasteiger partial charge in [-0.15, -0.1) is 0 Å². The summed E-state index contributed by atoms with van der Waals surface area (Å²) in [6, 6.07) is 2.44. The summed E-state index contributed by atoms with van der Waals surface area (Å²) in [6.45, 7) is 8.49. The fourth-order valence-corrected chi connectivity index (χ4v) is 3.41. The van der Waals surface area contributed by atoms with Gasteiger partial charge < -0.3 is 18.5 Å². The van der Waals surface area contributed by atoms with E-state index >= 15 is 0 Å². The Balaban J connectivity index is 4.84. The van der Waals surface area contributed by atoms with Gasteiger partial charge in [0.25, 0.3) is 8.53 Å². The highest BCUT2D eigenvalue weighted by molar-refractivity contribution is 7.44. The van der Waals surface area contributed by atoms with Crippen LogP contribution in [0.3, 0.4) is 0 Å². The first-order chi connectivity index (χ1) is 10.4. The molecule has 0 aromatic carbocycles. The summed E-state index contributed by atoms with van der Waals surface area (Å²) in [7, 11) is 1.34. The molecule has 2 atom stereocenters. The van der Waals surface area contributed by atoms with Crippen molar-refractivity contribution in [2.24, 2.45) is 0 Å². The van der Waals surface area contributed by atoms with Crippen LogP contribution in [-0.4, -0.2) is 56.3 Å². The van der Waals surface area contributed by atoms with Crippen LogP contribution in [0, 0.1) is 11.3 Å². The predicted octanol–water partition coefficient (Wildman–Crippen LogP) is 2.47. The van der Waals surface area contributed by atoms with Crippen molar-refractivity contribution >= 4 is 14.5 Å². The lowest BCUT2D eigenvalue weighted by Crippen LogP contribution is -2.35. The molecular formula is C14H27N2O5P. The van der Waals surface area contributed by atoms with E-state index in [1.165, 1.54) is 14.2 Å². The molecule has 0 bridgehead atoms. The van der Waals surface area contributed by atoms with E-state index in [0.29, 0.717) is 0 Å². The zero-order chi connectivity index (χ0) is 17.1. The van der Waals surface area contributed by atoms with Crippen molar-refractivity contribution in [2.75, 3.05) is 27.4 Å². The molecule has 0 rings (SSSR count). The molecule has 0 saturated carbocycles. The molecule has 0 aliphatic carbocycles. The van der Waals surface area contributed by atoms with Gasteiger partial charge in [-0.2, -0.15) is 5.26 Å². The van der Waals surface area contributed by atoms with E-state index in [9.17, 15) is 4.79 Å². The Labute approximate surface area is 134 Å². The molecule has 8 heteroatoms. The van der Waals surface area contributed by atoms with E-state index in [1.807, 2.05) is 33.8 Å². The lowest BCUT2D eigenvalue weighted by atomic mass is 10.3. The molecule has 0 saturated heterocycles. The van der Waals surface area contributed by atoms with Gasteiger partial charge in [0.05, 0.1) is 32.8 Å². The molecule has 2 unspecified atom stereocenters. The average Bonchev–Trinajstić information content (AvgIpc) is 2.46. The van der Waals surface area contributed by atoms with Gasteiger partial charge in [-0.05, 0) is 27.7 Å². The first-order valence-corrected chi connectivity index (χ1v) is 8.33. The molecule has 0 aliphatic rings. The summed E-state index contributed by atoms with van der Waals surface area (Å²) in [4.78, 5) is 11.5.